The molecule has 1 N–H and O–H groups in total. The van der Waals surface area contributed by atoms with Gasteiger partial charge in [0, 0.05) is 41.2 Å². The number of aromatic nitrogens is 2. The van der Waals surface area contributed by atoms with Crippen molar-refractivity contribution >= 4 is 11.6 Å². The van der Waals surface area contributed by atoms with Gasteiger partial charge in [-0.1, -0.05) is 37.2 Å². The Morgan fingerprint density at radius 3 is 2.70 bits per heavy atom. The summed E-state index contributed by atoms with van der Waals surface area (Å²) >= 11 is 6.17. The Kier molecular flexibility index (Phi) is 6.25. The van der Waals surface area contributed by atoms with Crippen molar-refractivity contribution in [2.75, 3.05) is 6.61 Å². The zero-order valence-electron chi connectivity index (χ0n) is 14.6. The first-order chi connectivity index (χ1) is 12.7. The van der Waals surface area contributed by atoms with Crippen LogP contribution in [0.3, 0.4) is 0 Å². The number of hydrogen-bond acceptors (Lipinski definition) is 3. The van der Waals surface area contributed by atoms with E-state index in [4.69, 9.17) is 21.7 Å². The molecule has 0 bridgehead atoms. The zero-order chi connectivity index (χ0) is 17.9. The number of fused-ring (bicyclic) bond motifs is 1. The summed E-state index contributed by atoms with van der Waals surface area (Å²) in [6, 6.07) is 14.2. The normalized spacial score (nSPS) is 12.5. The van der Waals surface area contributed by atoms with Gasteiger partial charge in [-0.2, -0.15) is 0 Å². The van der Waals surface area contributed by atoms with Gasteiger partial charge in [0.25, 0.3) is 0 Å². The van der Waals surface area contributed by atoms with Gasteiger partial charge in [0.15, 0.2) is 0 Å². The first-order valence-corrected chi connectivity index (χ1v) is 9.43. The fourth-order valence-corrected chi connectivity index (χ4v) is 3.81. The fraction of sp³-hybridized carbons (Fsp3) is 0.304. The molecule has 4 heteroatoms. The van der Waals surface area contributed by atoms with E-state index in [1.54, 1.807) is 0 Å². The summed E-state index contributed by atoms with van der Waals surface area (Å²) in [6.07, 6.45) is 6.69. The Labute approximate surface area is 166 Å². The number of nitrogens with zero attached hydrogens (tertiary/aromatic N) is 2. The van der Waals surface area contributed by atoms with Gasteiger partial charge in [-0.3, -0.25) is 9.97 Å². The molecule has 0 aliphatic heterocycles. The summed E-state index contributed by atoms with van der Waals surface area (Å²) in [5, 5.41) is 9.76. The number of aliphatic hydroxyl groups is 1. The molecular formula is C23H25ClN2O. The molecule has 0 radical (unpaired) electrons. The maximum Gasteiger partial charge on any atom is 0.0708 e. The molecule has 1 aliphatic rings. The highest BCUT2D eigenvalue weighted by Gasteiger charge is 2.18. The molecule has 0 fully saturated rings. The van der Waals surface area contributed by atoms with Gasteiger partial charge in [-0.05, 0) is 66.6 Å². The lowest BCUT2D eigenvalue weighted by atomic mass is 9.98. The van der Waals surface area contributed by atoms with E-state index in [-0.39, 0.29) is 14.0 Å². The van der Waals surface area contributed by atoms with Crippen LogP contribution < -0.4 is 0 Å². The predicted octanol–water partition coefficient (Wildman–Crippen LogP) is 5.05. The van der Waals surface area contributed by atoms with E-state index >= 15 is 0 Å². The lowest BCUT2D eigenvalue weighted by molar-refractivity contribution is 0.298. The maximum absolute atomic E-state index is 9.03. The van der Waals surface area contributed by atoms with E-state index in [2.05, 4.69) is 23.2 Å². The molecule has 0 saturated heterocycles. The third-order valence-corrected chi connectivity index (χ3v) is 5.15. The molecule has 27 heavy (non-hydrogen) atoms. The van der Waals surface area contributed by atoms with E-state index in [0.717, 1.165) is 41.2 Å². The molecule has 140 valence electrons. The van der Waals surface area contributed by atoms with Gasteiger partial charge >= 0.3 is 0 Å². The molecule has 3 aromatic rings. The molecule has 1 aliphatic carbocycles. The Balaban J connectivity index is 0.00000210. The third kappa shape index (κ3) is 4.37. The van der Waals surface area contributed by atoms with Crippen LogP contribution in [-0.4, -0.2) is 21.7 Å². The molecule has 0 saturated carbocycles. The third-order valence-electron chi connectivity index (χ3n) is 4.91. The summed E-state index contributed by atoms with van der Waals surface area (Å²) in [5.41, 5.74) is 8.12. The largest absolute Gasteiger partial charge is 0.396 e. The molecular weight excluding hydrogens is 356 g/mol. The second kappa shape index (κ2) is 8.64. The van der Waals surface area contributed by atoms with Crippen molar-refractivity contribution in [3.63, 3.8) is 0 Å². The molecule has 3 nitrogen and oxygen atoms in total. The highest BCUT2D eigenvalue weighted by atomic mass is 35.5. The second-order valence-electron chi connectivity index (χ2n) is 6.76. The Hall–Kier alpha value is -2.23. The molecule has 0 amide bonds. The lowest BCUT2D eigenvalue weighted by Crippen LogP contribution is -2.01. The predicted molar refractivity (Wildman–Crippen MR) is 111 cm³/mol. The van der Waals surface area contributed by atoms with E-state index < -0.39 is 0 Å². The first kappa shape index (κ1) is 19.5. The van der Waals surface area contributed by atoms with Gasteiger partial charge in [0.2, 0.25) is 0 Å². The minimum Gasteiger partial charge on any atom is -0.396 e. The quantitative estimate of drug-likeness (QED) is 0.673. The topological polar surface area (TPSA) is 46.0 Å². The SMILES string of the molecule is C.OCCc1ccc(Cc2cc(-c3cccc(Cl)c3)nc3c2CCC3)cn1. The van der Waals surface area contributed by atoms with Crippen LogP contribution in [0.4, 0.5) is 0 Å². The average molecular weight is 381 g/mol. The van der Waals surface area contributed by atoms with Crippen LogP contribution in [0, 0.1) is 0 Å². The van der Waals surface area contributed by atoms with Gasteiger partial charge in [-0.15, -0.1) is 0 Å². The number of pyridine rings is 2. The van der Waals surface area contributed by atoms with Crippen LogP contribution in [0.1, 0.15) is 41.9 Å². The van der Waals surface area contributed by atoms with E-state index in [0.29, 0.717) is 6.42 Å². The number of hydrogen-bond donors (Lipinski definition) is 1. The highest BCUT2D eigenvalue weighted by Crippen LogP contribution is 2.30. The minimum atomic E-state index is 0. The van der Waals surface area contributed by atoms with Crippen LogP contribution in [0.15, 0.2) is 48.7 Å². The standard InChI is InChI=1S/C22H21ClN2O.CH4/c23-18-4-1-3-16(12-18)22-13-17(20-5-2-6-21(20)25-22)11-15-7-8-19(9-10-26)24-14-15;/h1,3-4,7-8,12-14,26H,2,5-6,9-11H2;1H4. The zero-order valence-corrected chi connectivity index (χ0v) is 15.3. The van der Waals surface area contributed by atoms with Crippen molar-refractivity contribution in [2.24, 2.45) is 0 Å². The van der Waals surface area contributed by atoms with E-state index in [1.165, 1.54) is 28.8 Å². The Morgan fingerprint density at radius 1 is 1.07 bits per heavy atom. The van der Waals surface area contributed by atoms with Crippen LogP contribution in [0.2, 0.25) is 5.02 Å². The van der Waals surface area contributed by atoms with E-state index in [1.807, 2.05) is 30.5 Å². The van der Waals surface area contributed by atoms with Crippen LogP contribution >= 0.6 is 11.6 Å². The summed E-state index contributed by atoms with van der Waals surface area (Å²) in [6.45, 7) is 0.132. The number of rotatable bonds is 5. The summed E-state index contributed by atoms with van der Waals surface area (Å²) in [7, 11) is 0. The van der Waals surface area contributed by atoms with Gasteiger partial charge < -0.3 is 5.11 Å². The second-order valence-corrected chi connectivity index (χ2v) is 7.20. The van der Waals surface area contributed by atoms with Crippen molar-refractivity contribution in [2.45, 2.75) is 39.5 Å². The van der Waals surface area contributed by atoms with Gasteiger partial charge in [-0.25, -0.2) is 0 Å². The molecule has 2 aromatic heterocycles. The fourth-order valence-electron chi connectivity index (χ4n) is 3.62. The van der Waals surface area contributed by atoms with Crippen molar-refractivity contribution in [3.8, 4) is 11.3 Å². The summed E-state index contributed by atoms with van der Waals surface area (Å²) < 4.78 is 0. The number of aliphatic hydroxyl groups excluding tert-OH is 1. The molecule has 0 spiro atoms. The lowest BCUT2D eigenvalue weighted by Gasteiger charge is -2.12. The highest BCUT2D eigenvalue weighted by molar-refractivity contribution is 6.30. The average Bonchev–Trinajstić information content (AvgIpc) is 3.12. The van der Waals surface area contributed by atoms with Crippen molar-refractivity contribution < 1.29 is 5.11 Å². The summed E-state index contributed by atoms with van der Waals surface area (Å²) in [5.74, 6) is 0. The van der Waals surface area contributed by atoms with E-state index in [9.17, 15) is 0 Å². The first-order valence-electron chi connectivity index (χ1n) is 9.05. The summed E-state index contributed by atoms with van der Waals surface area (Å²) in [4.78, 5) is 9.36. The Bertz CT molecular complexity index is 922. The van der Waals surface area contributed by atoms with Crippen molar-refractivity contribution in [1.82, 2.24) is 9.97 Å². The molecule has 0 atom stereocenters. The smallest absolute Gasteiger partial charge is 0.0708 e. The maximum atomic E-state index is 9.03. The Morgan fingerprint density at radius 2 is 1.96 bits per heavy atom. The van der Waals surface area contributed by atoms with Crippen LogP contribution in [-0.2, 0) is 25.7 Å². The number of halogens is 1. The number of benzene rings is 1. The molecule has 4 rings (SSSR count). The molecule has 2 heterocycles. The minimum absolute atomic E-state index is 0. The van der Waals surface area contributed by atoms with Crippen molar-refractivity contribution in [1.29, 1.82) is 0 Å². The molecule has 1 aromatic carbocycles. The molecule has 0 unspecified atom stereocenters. The van der Waals surface area contributed by atoms with Crippen LogP contribution in [0.25, 0.3) is 11.3 Å². The van der Waals surface area contributed by atoms with Gasteiger partial charge in [0.05, 0.1) is 5.69 Å². The monoisotopic (exact) mass is 380 g/mol. The van der Waals surface area contributed by atoms with Gasteiger partial charge in [0.1, 0.15) is 0 Å². The van der Waals surface area contributed by atoms with Crippen molar-refractivity contribution in [3.05, 3.63) is 81.8 Å². The number of aryl methyl sites for hydroxylation is 1. The van der Waals surface area contributed by atoms with Crippen LogP contribution in [0.5, 0.6) is 0 Å².